The zero-order valence-electron chi connectivity index (χ0n) is 10.4. The number of ketones is 1. The van der Waals surface area contributed by atoms with Gasteiger partial charge in [-0.3, -0.25) is 9.69 Å². The molecule has 3 rings (SSSR count). The van der Waals surface area contributed by atoms with Crippen molar-refractivity contribution in [2.75, 3.05) is 13.1 Å². The van der Waals surface area contributed by atoms with Crippen LogP contribution in [0.15, 0.2) is 24.3 Å². The number of hydrogen-bond donors (Lipinski definition) is 0. The van der Waals surface area contributed by atoms with Crippen LogP contribution in [0.4, 0.5) is 0 Å². The average molecular weight is 231 g/mol. The Hall–Kier alpha value is -0.890. The van der Waals surface area contributed by atoms with Crippen LogP contribution < -0.4 is 0 Å². The average Bonchev–Trinajstić information content (AvgIpc) is 3.24. The Kier molecular flexibility index (Phi) is 2.91. The molecule has 1 aliphatic heterocycles. The van der Waals surface area contributed by atoms with E-state index < -0.39 is 0 Å². The predicted octanol–water partition coefficient (Wildman–Crippen LogP) is 2.71. The molecule has 1 unspecified atom stereocenters. The van der Waals surface area contributed by atoms with Crippen molar-refractivity contribution in [2.45, 2.75) is 44.1 Å². The molecule has 1 saturated heterocycles. The number of Topliss-reactive ketones (excluding diaryl/α,β-unsaturated/α-hetero) is 1. The van der Waals surface area contributed by atoms with E-state index >= 15 is 0 Å². The van der Waals surface area contributed by atoms with E-state index in [9.17, 15) is 4.79 Å². The first-order valence-electron chi connectivity index (χ1n) is 6.97. The van der Waals surface area contributed by atoms with Crippen LogP contribution >= 0.6 is 0 Å². The molecule has 0 aromatic heterocycles. The molecule has 1 atom stereocenters. The molecule has 3 aliphatic rings. The summed E-state index contributed by atoms with van der Waals surface area (Å²) < 4.78 is 0. The molecule has 2 nitrogen and oxygen atoms in total. The van der Waals surface area contributed by atoms with Gasteiger partial charge in [0, 0.05) is 5.92 Å². The first-order valence-corrected chi connectivity index (χ1v) is 6.97. The van der Waals surface area contributed by atoms with Gasteiger partial charge in [0.1, 0.15) is 5.54 Å². The zero-order chi connectivity index (χ0) is 11.7. The van der Waals surface area contributed by atoms with Gasteiger partial charge in [-0.15, -0.1) is 0 Å². The van der Waals surface area contributed by atoms with Gasteiger partial charge >= 0.3 is 0 Å². The van der Waals surface area contributed by atoms with E-state index in [0.717, 1.165) is 32.4 Å². The molecule has 0 amide bonds. The second kappa shape index (κ2) is 4.41. The summed E-state index contributed by atoms with van der Waals surface area (Å²) in [6.45, 7) is 2.19. The molecule has 2 aliphatic carbocycles. The molecule has 0 radical (unpaired) electrons. The van der Waals surface area contributed by atoms with Crippen molar-refractivity contribution in [3.8, 4) is 0 Å². The minimum absolute atomic E-state index is 0.281. The van der Waals surface area contributed by atoms with Gasteiger partial charge in [0.15, 0.2) is 5.78 Å². The quantitative estimate of drug-likeness (QED) is 0.744. The lowest BCUT2D eigenvalue weighted by Gasteiger charge is -2.43. The minimum Gasteiger partial charge on any atom is -0.297 e. The molecular formula is C15H21NO. The van der Waals surface area contributed by atoms with Gasteiger partial charge in [0.05, 0.1) is 0 Å². The summed E-state index contributed by atoms with van der Waals surface area (Å²) in [6.07, 6.45) is 15.4. The van der Waals surface area contributed by atoms with Crippen molar-refractivity contribution in [3.63, 3.8) is 0 Å². The number of hydrogen-bond acceptors (Lipinski definition) is 2. The van der Waals surface area contributed by atoms with Gasteiger partial charge in [0.25, 0.3) is 0 Å². The van der Waals surface area contributed by atoms with Crippen molar-refractivity contribution in [2.24, 2.45) is 5.92 Å². The lowest BCUT2D eigenvalue weighted by Crippen LogP contribution is -2.55. The second-order valence-electron chi connectivity index (χ2n) is 5.60. The Balaban J connectivity index is 1.86. The number of rotatable bonds is 3. The number of carbonyl (C=O) groups is 1. The maximum Gasteiger partial charge on any atom is 0.160 e. The molecular weight excluding hydrogens is 210 g/mol. The van der Waals surface area contributed by atoms with E-state index in [4.69, 9.17) is 0 Å². The summed E-state index contributed by atoms with van der Waals surface area (Å²) in [4.78, 5) is 15.1. The number of likely N-dealkylation sites (tertiary alicyclic amines) is 1. The Morgan fingerprint density at radius 2 is 1.88 bits per heavy atom. The molecule has 2 heteroatoms. The van der Waals surface area contributed by atoms with Crippen LogP contribution in [0.5, 0.6) is 0 Å². The molecule has 17 heavy (non-hydrogen) atoms. The van der Waals surface area contributed by atoms with E-state index in [0.29, 0.717) is 11.7 Å². The summed E-state index contributed by atoms with van der Waals surface area (Å²) in [5.41, 5.74) is -0.281. The van der Waals surface area contributed by atoms with Crippen molar-refractivity contribution >= 4 is 5.78 Å². The van der Waals surface area contributed by atoms with Crippen molar-refractivity contribution in [1.29, 1.82) is 0 Å². The third-order valence-electron chi connectivity index (χ3n) is 4.34. The van der Waals surface area contributed by atoms with E-state index in [2.05, 4.69) is 29.2 Å². The number of allylic oxidation sites excluding steroid dienone is 2. The van der Waals surface area contributed by atoms with E-state index in [1.807, 2.05) is 0 Å². The van der Waals surface area contributed by atoms with Crippen LogP contribution in [0, 0.1) is 5.92 Å². The molecule has 0 N–H and O–H groups in total. The summed E-state index contributed by atoms with van der Waals surface area (Å²) in [7, 11) is 0. The monoisotopic (exact) mass is 231 g/mol. The fraction of sp³-hybridized carbons (Fsp3) is 0.667. The van der Waals surface area contributed by atoms with Crippen LogP contribution in [-0.4, -0.2) is 29.3 Å². The molecule has 1 heterocycles. The van der Waals surface area contributed by atoms with E-state index in [-0.39, 0.29) is 5.54 Å². The Bertz CT molecular complexity index is 361. The number of carbonyl (C=O) groups excluding carboxylic acids is 1. The highest BCUT2D eigenvalue weighted by atomic mass is 16.1. The predicted molar refractivity (Wildman–Crippen MR) is 68.8 cm³/mol. The van der Waals surface area contributed by atoms with Crippen LogP contribution in [0.1, 0.15) is 38.5 Å². The van der Waals surface area contributed by atoms with E-state index in [1.54, 1.807) is 0 Å². The summed E-state index contributed by atoms with van der Waals surface area (Å²) in [5, 5.41) is 0. The Morgan fingerprint density at radius 1 is 1.12 bits per heavy atom. The lowest BCUT2D eigenvalue weighted by atomic mass is 9.81. The smallest absolute Gasteiger partial charge is 0.160 e. The van der Waals surface area contributed by atoms with Crippen LogP contribution in [-0.2, 0) is 4.79 Å². The highest BCUT2D eigenvalue weighted by Crippen LogP contribution is 2.40. The van der Waals surface area contributed by atoms with Crippen LogP contribution in [0.25, 0.3) is 0 Å². The van der Waals surface area contributed by atoms with Crippen LogP contribution in [0.2, 0.25) is 0 Å². The Morgan fingerprint density at radius 3 is 2.47 bits per heavy atom. The molecule has 0 bridgehead atoms. The molecule has 2 fully saturated rings. The molecule has 0 aromatic carbocycles. The van der Waals surface area contributed by atoms with Gasteiger partial charge < -0.3 is 0 Å². The standard InChI is InChI=1S/C15H21NO/c17-14(13-7-8-13)15(9-3-1-4-10-15)16-11-5-2-6-12-16/h1,3-4,9,13H,2,5-8,10-12H2. The van der Waals surface area contributed by atoms with Crippen LogP contribution in [0.3, 0.4) is 0 Å². The maximum atomic E-state index is 12.7. The SMILES string of the molecule is O=C(C1CC1)C1(N2CCCCC2)C=CC=CC1. The second-order valence-corrected chi connectivity index (χ2v) is 5.60. The highest BCUT2D eigenvalue weighted by molar-refractivity contribution is 5.94. The van der Waals surface area contributed by atoms with Crippen molar-refractivity contribution in [3.05, 3.63) is 24.3 Å². The van der Waals surface area contributed by atoms with Gasteiger partial charge in [0.2, 0.25) is 0 Å². The fourth-order valence-corrected chi connectivity index (χ4v) is 3.17. The molecule has 92 valence electrons. The van der Waals surface area contributed by atoms with E-state index in [1.165, 1.54) is 19.3 Å². The number of nitrogens with zero attached hydrogens (tertiary/aromatic N) is 1. The molecule has 1 saturated carbocycles. The van der Waals surface area contributed by atoms with Gasteiger partial charge in [-0.25, -0.2) is 0 Å². The van der Waals surface area contributed by atoms with Crippen molar-refractivity contribution in [1.82, 2.24) is 4.90 Å². The Labute approximate surface area is 103 Å². The maximum absolute atomic E-state index is 12.7. The minimum atomic E-state index is -0.281. The summed E-state index contributed by atoms with van der Waals surface area (Å²) in [6, 6.07) is 0. The topological polar surface area (TPSA) is 20.3 Å². The first kappa shape index (κ1) is 11.2. The van der Waals surface area contributed by atoms with Gasteiger partial charge in [-0.1, -0.05) is 30.7 Å². The van der Waals surface area contributed by atoms with Crippen molar-refractivity contribution < 1.29 is 4.79 Å². The zero-order valence-corrected chi connectivity index (χ0v) is 10.4. The molecule has 0 spiro atoms. The first-order chi connectivity index (χ1) is 8.33. The summed E-state index contributed by atoms with van der Waals surface area (Å²) in [5.74, 6) is 0.841. The van der Waals surface area contributed by atoms with Gasteiger partial charge in [-0.2, -0.15) is 0 Å². The third kappa shape index (κ3) is 1.99. The molecule has 0 aromatic rings. The fourth-order valence-electron chi connectivity index (χ4n) is 3.17. The van der Waals surface area contributed by atoms with Gasteiger partial charge in [-0.05, 0) is 45.2 Å². The lowest BCUT2D eigenvalue weighted by molar-refractivity contribution is -0.130. The largest absolute Gasteiger partial charge is 0.297 e. The number of piperidine rings is 1. The summed E-state index contributed by atoms with van der Waals surface area (Å²) >= 11 is 0. The normalized spacial score (nSPS) is 33.9. The third-order valence-corrected chi connectivity index (χ3v) is 4.34. The highest BCUT2D eigenvalue weighted by Gasteiger charge is 2.47.